The van der Waals surface area contributed by atoms with Crippen LogP contribution in [0.2, 0.25) is 15.1 Å². The number of piperidine rings is 1. The molecule has 1 amide bonds. The molecular formula is C28H24Cl3LiN4O3S. The number of carboxylic acids is 1. The molecule has 40 heavy (non-hydrogen) atoms. The van der Waals surface area contributed by atoms with Crippen LogP contribution in [0.4, 0.5) is 5.13 Å². The molecule has 1 unspecified atom stereocenters. The van der Waals surface area contributed by atoms with Gasteiger partial charge in [0.05, 0.1) is 15.7 Å². The molecule has 3 heterocycles. The summed E-state index contributed by atoms with van der Waals surface area (Å²) in [6, 6.07) is 15.6. The number of rotatable bonds is 7. The van der Waals surface area contributed by atoms with Gasteiger partial charge in [0, 0.05) is 48.1 Å². The van der Waals surface area contributed by atoms with Crippen LogP contribution < -0.4 is 10.2 Å². The van der Waals surface area contributed by atoms with Gasteiger partial charge in [0.2, 0.25) is 0 Å². The number of H-pyrrole nitrogens is 1. The van der Waals surface area contributed by atoms with Gasteiger partial charge in [0.15, 0.2) is 5.13 Å². The van der Waals surface area contributed by atoms with Crippen molar-refractivity contribution in [1.82, 2.24) is 15.3 Å². The molecule has 4 aromatic rings. The van der Waals surface area contributed by atoms with Crippen molar-refractivity contribution in [2.75, 3.05) is 18.0 Å². The minimum atomic E-state index is -0.981. The summed E-state index contributed by atoms with van der Waals surface area (Å²) in [5, 5.41) is 14.9. The Morgan fingerprint density at radius 1 is 1.07 bits per heavy atom. The van der Waals surface area contributed by atoms with Gasteiger partial charge >= 0.3 is 24.8 Å². The molecule has 0 spiro atoms. The first-order valence-corrected chi connectivity index (χ1v) is 14.3. The van der Waals surface area contributed by atoms with Crippen LogP contribution in [0.1, 0.15) is 37.1 Å². The zero-order valence-corrected chi connectivity index (χ0v) is 23.8. The maximum absolute atomic E-state index is 12.7. The number of anilines is 1. The molecule has 0 bridgehead atoms. The summed E-state index contributed by atoms with van der Waals surface area (Å²) in [4.78, 5) is 34.8. The zero-order valence-electron chi connectivity index (χ0n) is 20.7. The Morgan fingerprint density at radius 3 is 2.38 bits per heavy atom. The standard InChI is InChI=1S/C28H23Cl3N4O3S.Li.H/c1-13-21(30)22(31)24(32-13)26(36)34-23-18-11-35(12-19(18)23)28-33-20(25(39-28)27(37)38)9-14-4-2-5-15(8-14)16-6-3-7-17(29)10-16;;/h2-8,10,18-19,23,32H,9,11-12H2,1H3,(H,34,36)(H,37,38);;/t18-,19+,23?;;. The molecule has 12 heteroatoms. The first-order chi connectivity index (χ1) is 18.7. The molecule has 3 atom stereocenters. The molecule has 202 valence electrons. The molecule has 2 aliphatic rings. The summed E-state index contributed by atoms with van der Waals surface area (Å²) < 4.78 is 0. The molecule has 1 saturated heterocycles. The zero-order chi connectivity index (χ0) is 27.4. The Labute approximate surface area is 262 Å². The number of carbonyl (C=O) groups excluding carboxylic acids is 1. The van der Waals surface area contributed by atoms with E-state index >= 15 is 0 Å². The van der Waals surface area contributed by atoms with E-state index in [2.05, 4.69) is 15.2 Å². The van der Waals surface area contributed by atoms with Gasteiger partial charge < -0.3 is 20.3 Å². The fraction of sp³-hybridized carbons (Fsp3) is 0.250. The quantitative estimate of drug-likeness (QED) is 0.226. The van der Waals surface area contributed by atoms with Crippen molar-refractivity contribution in [3.8, 4) is 11.1 Å². The number of fused-ring (bicyclic) bond motifs is 1. The molecule has 6 rings (SSSR count). The molecule has 1 saturated carbocycles. The number of aromatic nitrogens is 2. The van der Waals surface area contributed by atoms with Gasteiger partial charge in [-0.1, -0.05) is 82.5 Å². The second kappa shape index (κ2) is 11.4. The van der Waals surface area contributed by atoms with E-state index in [0.717, 1.165) is 16.7 Å². The Hall–Kier alpha value is -2.44. The van der Waals surface area contributed by atoms with Crippen molar-refractivity contribution in [2.45, 2.75) is 19.4 Å². The summed E-state index contributed by atoms with van der Waals surface area (Å²) in [6.45, 7) is 3.16. The number of aromatic amines is 1. The first kappa shape index (κ1) is 29.1. The third-order valence-electron chi connectivity index (χ3n) is 7.38. The molecule has 3 N–H and O–H groups in total. The number of amides is 1. The second-order valence-corrected chi connectivity index (χ2v) is 12.1. The van der Waals surface area contributed by atoms with Crippen LogP contribution in [0.15, 0.2) is 48.5 Å². The monoisotopic (exact) mass is 608 g/mol. The van der Waals surface area contributed by atoms with Crippen molar-refractivity contribution in [1.29, 1.82) is 0 Å². The number of hydrogen-bond acceptors (Lipinski definition) is 5. The summed E-state index contributed by atoms with van der Waals surface area (Å²) in [6.07, 6.45) is 0.408. The van der Waals surface area contributed by atoms with E-state index in [4.69, 9.17) is 39.8 Å². The normalized spacial score (nSPS) is 19.2. The Balaban J connectivity index is 0.00000323. The summed E-state index contributed by atoms with van der Waals surface area (Å²) in [7, 11) is 0. The fourth-order valence-corrected chi connectivity index (χ4v) is 6.88. The number of hydrogen-bond donors (Lipinski definition) is 3. The molecule has 1 aliphatic carbocycles. The van der Waals surface area contributed by atoms with Crippen molar-refractivity contribution in [2.24, 2.45) is 11.8 Å². The van der Waals surface area contributed by atoms with Gasteiger partial charge in [-0.05, 0) is 35.7 Å². The number of nitrogens with zero attached hydrogens (tertiary/aromatic N) is 2. The van der Waals surface area contributed by atoms with Crippen LogP contribution in [-0.2, 0) is 6.42 Å². The SMILES string of the molecule is Cc1[nH]c(C(=O)NC2[C@H]3CN(c4nc(Cc5cccc(-c6cccc(Cl)c6)c5)c(C(=O)O)s4)C[C@@H]23)c(Cl)c1Cl.[LiH]. The van der Waals surface area contributed by atoms with Crippen molar-refractivity contribution < 1.29 is 14.7 Å². The summed E-state index contributed by atoms with van der Waals surface area (Å²) >= 11 is 19.7. The second-order valence-electron chi connectivity index (χ2n) is 9.95. The van der Waals surface area contributed by atoms with Crippen molar-refractivity contribution in [3.63, 3.8) is 0 Å². The summed E-state index contributed by atoms with van der Waals surface area (Å²) in [5.41, 5.74) is 4.45. The van der Waals surface area contributed by atoms with Crippen LogP contribution >= 0.6 is 46.1 Å². The van der Waals surface area contributed by atoms with Gasteiger partial charge in [-0.2, -0.15) is 0 Å². The number of nitrogens with one attached hydrogen (secondary N) is 2. The van der Waals surface area contributed by atoms with E-state index in [-0.39, 0.29) is 58.2 Å². The van der Waals surface area contributed by atoms with Gasteiger partial charge in [0.25, 0.3) is 5.91 Å². The van der Waals surface area contributed by atoms with E-state index in [9.17, 15) is 14.7 Å². The predicted molar refractivity (Wildman–Crippen MR) is 162 cm³/mol. The number of carboxylic acid groups (broad SMARTS) is 1. The third-order valence-corrected chi connectivity index (χ3v) is 9.71. The van der Waals surface area contributed by atoms with Gasteiger partial charge in [-0.3, -0.25) is 4.79 Å². The first-order valence-electron chi connectivity index (χ1n) is 12.4. The Morgan fingerprint density at radius 2 is 1.75 bits per heavy atom. The van der Waals surface area contributed by atoms with Crippen LogP contribution in [0.5, 0.6) is 0 Å². The number of thiazole rings is 1. The van der Waals surface area contributed by atoms with E-state index in [1.807, 2.05) is 48.5 Å². The van der Waals surface area contributed by atoms with Gasteiger partial charge in [-0.25, -0.2) is 9.78 Å². The number of carbonyl (C=O) groups is 2. The van der Waals surface area contributed by atoms with Crippen LogP contribution in [0, 0.1) is 18.8 Å². The minimum absolute atomic E-state index is 0. The third kappa shape index (κ3) is 5.54. The average molecular weight is 610 g/mol. The molecule has 2 aromatic heterocycles. The number of aryl methyl sites for hydroxylation is 1. The molecule has 1 aliphatic heterocycles. The van der Waals surface area contributed by atoms with E-state index < -0.39 is 5.97 Å². The van der Waals surface area contributed by atoms with Gasteiger partial charge in [-0.15, -0.1) is 0 Å². The maximum atomic E-state index is 12.7. The topological polar surface area (TPSA) is 98.3 Å². The number of halogens is 3. The molecule has 2 aromatic carbocycles. The summed E-state index contributed by atoms with van der Waals surface area (Å²) in [5.74, 6) is -0.708. The van der Waals surface area contributed by atoms with E-state index in [0.29, 0.717) is 46.1 Å². The average Bonchev–Trinajstić information content (AvgIpc) is 3.27. The van der Waals surface area contributed by atoms with Crippen molar-refractivity contribution in [3.05, 3.63) is 91.1 Å². The van der Waals surface area contributed by atoms with Crippen LogP contribution in [-0.4, -0.2) is 64.9 Å². The number of aromatic carboxylic acids is 1. The molecule has 2 fully saturated rings. The fourth-order valence-electron chi connectivity index (χ4n) is 5.33. The van der Waals surface area contributed by atoms with E-state index in [1.54, 1.807) is 6.92 Å². The molecule has 7 nitrogen and oxygen atoms in total. The van der Waals surface area contributed by atoms with Crippen LogP contribution in [0.3, 0.4) is 0 Å². The van der Waals surface area contributed by atoms with Crippen molar-refractivity contribution >= 4 is 82.0 Å². The number of benzene rings is 2. The van der Waals surface area contributed by atoms with Crippen LogP contribution in [0.25, 0.3) is 11.1 Å². The Bertz CT molecular complexity index is 1610. The molecule has 0 radical (unpaired) electrons. The van der Waals surface area contributed by atoms with E-state index in [1.165, 1.54) is 11.3 Å². The van der Waals surface area contributed by atoms with Gasteiger partial charge in [0.1, 0.15) is 10.6 Å². The Kier molecular flexibility index (Phi) is 8.31. The molecular weight excluding hydrogens is 586 g/mol. The predicted octanol–water partition coefficient (Wildman–Crippen LogP) is 5.91.